The fourth-order valence-electron chi connectivity index (χ4n) is 3.19. The minimum Gasteiger partial charge on any atom is -0.342 e. The molecule has 0 aromatic carbocycles. The van der Waals surface area contributed by atoms with Gasteiger partial charge in [-0.05, 0) is 44.6 Å². The lowest BCUT2D eigenvalue weighted by Crippen LogP contribution is -2.43. The molecule has 2 N–H and O–H groups in total. The van der Waals surface area contributed by atoms with E-state index in [9.17, 15) is 13.2 Å². The molecule has 1 amide bonds. The molecule has 0 radical (unpaired) electrons. The van der Waals surface area contributed by atoms with Gasteiger partial charge in [0.15, 0.2) is 0 Å². The van der Waals surface area contributed by atoms with Gasteiger partial charge in [-0.3, -0.25) is 4.79 Å². The van der Waals surface area contributed by atoms with Crippen LogP contribution in [0.25, 0.3) is 0 Å². The Balaban J connectivity index is 0.00000242. The summed E-state index contributed by atoms with van der Waals surface area (Å²) in [7, 11) is -3.14. The fourth-order valence-corrected chi connectivity index (χ4v) is 3.72. The molecular weight excluding hydrogens is 326 g/mol. The Kier molecular flexibility index (Phi) is 8.10. The first-order valence-electron chi connectivity index (χ1n) is 7.90. The van der Waals surface area contributed by atoms with Crippen molar-refractivity contribution in [3.8, 4) is 0 Å². The summed E-state index contributed by atoms with van der Waals surface area (Å²) in [5.41, 5.74) is 0. The van der Waals surface area contributed by atoms with Gasteiger partial charge in [0.25, 0.3) is 0 Å². The van der Waals surface area contributed by atoms with E-state index in [0.29, 0.717) is 25.6 Å². The summed E-state index contributed by atoms with van der Waals surface area (Å²) in [6, 6.07) is 0.501. The number of rotatable bonds is 6. The first-order chi connectivity index (χ1) is 9.94. The monoisotopic (exact) mass is 353 g/mol. The van der Waals surface area contributed by atoms with Crippen molar-refractivity contribution >= 4 is 28.3 Å². The molecule has 6 nitrogen and oxygen atoms in total. The quantitative estimate of drug-likeness (QED) is 0.737. The Morgan fingerprint density at radius 2 is 2.09 bits per heavy atom. The van der Waals surface area contributed by atoms with Crippen LogP contribution in [0, 0.1) is 5.92 Å². The number of hydrogen-bond acceptors (Lipinski definition) is 4. The van der Waals surface area contributed by atoms with E-state index in [-0.39, 0.29) is 24.2 Å². The van der Waals surface area contributed by atoms with Crippen molar-refractivity contribution in [1.29, 1.82) is 0 Å². The molecule has 0 spiro atoms. The maximum Gasteiger partial charge on any atom is 0.222 e. The second-order valence-corrected chi connectivity index (χ2v) is 8.13. The predicted molar refractivity (Wildman–Crippen MR) is 89.7 cm³/mol. The van der Waals surface area contributed by atoms with E-state index >= 15 is 0 Å². The number of carbonyl (C=O) groups excluding carboxylic acids is 1. The van der Waals surface area contributed by atoms with Crippen LogP contribution in [0.1, 0.15) is 38.5 Å². The highest BCUT2D eigenvalue weighted by atomic mass is 35.5. The van der Waals surface area contributed by atoms with Crippen LogP contribution in [0.15, 0.2) is 0 Å². The number of likely N-dealkylation sites (tertiary alicyclic amines) is 1. The number of piperidine rings is 1. The largest absolute Gasteiger partial charge is 0.342 e. The van der Waals surface area contributed by atoms with Crippen LogP contribution >= 0.6 is 12.4 Å². The molecule has 2 aliphatic rings. The maximum absolute atomic E-state index is 12.3. The molecule has 2 rings (SSSR count). The number of halogens is 1. The number of amides is 1. The highest BCUT2D eigenvalue weighted by molar-refractivity contribution is 7.88. The van der Waals surface area contributed by atoms with Gasteiger partial charge in [-0.25, -0.2) is 13.1 Å². The number of hydrogen-bond donors (Lipinski definition) is 2. The first-order valence-corrected chi connectivity index (χ1v) is 9.79. The molecule has 0 saturated carbocycles. The highest BCUT2D eigenvalue weighted by Gasteiger charge is 2.25. The van der Waals surface area contributed by atoms with Crippen molar-refractivity contribution < 1.29 is 13.2 Å². The Hall–Kier alpha value is -0.370. The first kappa shape index (κ1) is 19.7. The molecule has 8 heteroatoms. The number of sulfonamides is 1. The second-order valence-electron chi connectivity index (χ2n) is 6.30. The molecule has 130 valence electrons. The van der Waals surface area contributed by atoms with Crippen molar-refractivity contribution in [3.63, 3.8) is 0 Å². The van der Waals surface area contributed by atoms with E-state index in [0.717, 1.165) is 32.4 Å². The number of carbonyl (C=O) groups is 1. The Morgan fingerprint density at radius 3 is 2.73 bits per heavy atom. The van der Waals surface area contributed by atoms with Gasteiger partial charge in [0.1, 0.15) is 0 Å². The van der Waals surface area contributed by atoms with E-state index in [1.807, 2.05) is 4.90 Å². The Bertz CT molecular complexity index is 452. The zero-order valence-corrected chi connectivity index (χ0v) is 14.8. The maximum atomic E-state index is 12.3. The standard InChI is InChI=1S/C14H27N3O3S.ClH/c1-21(19,20)16-10-12-4-3-9-17(11-12)14(18)7-6-13-5-2-8-15-13;/h12-13,15-16H,2-11H2,1H3;1H. The van der Waals surface area contributed by atoms with E-state index in [1.54, 1.807) is 0 Å². The molecule has 2 saturated heterocycles. The van der Waals surface area contributed by atoms with Crippen LogP contribution in [0.5, 0.6) is 0 Å². The summed E-state index contributed by atoms with van der Waals surface area (Å²) < 4.78 is 24.8. The second kappa shape index (κ2) is 9.05. The molecule has 0 aliphatic carbocycles. The molecule has 2 heterocycles. The smallest absolute Gasteiger partial charge is 0.222 e. The van der Waals surface area contributed by atoms with Crippen LogP contribution in [-0.4, -0.2) is 57.7 Å². The summed E-state index contributed by atoms with van der Waals surface area (Å²) in [4.78, 5) is 14.2. The van der Waals surface area contributed by atoms with Crippen molar-refractivity contribution in [2.75, 3.05) is 32.4 Å². The summed E-state index contributed by atoms with van der Waals surface area (Å²) >= 11 is 0. The van der Waals surface area contributed by atoms with Crippen molar-refractivity contribution in [1.82, 2.24) is 14.9 Å². The number of nitrogens with one attached hydrogen (secondary N) is 2. The van der Waals surface area contributed by atoms with Gasteiger partial charge in [0.2, 0.25) is 15.9 Å². The summed E-state index contributed by atoms with van der Waals surface area (Å²) in [5.74, 6) is 0.454. The van der Waals surface area contributed by atoms with Crippen LogP contribution in [-0.2, 0) is 14.8 Å². The van der Waals surface area contributed by atoms with E-state index in [2.05, 4.69) is 10.0 Å². The molecule has 2 atom stereocenters. The molecular formula is C14H28ClN3O3S. The average Bonchev–Trinajstić information content (AvgIpc) is 2.95. The van der Waals surface area contributed by atoms with Crippen LogP contribution < -0.4 is 10.0 Å². The Labute approximate surface area is 139 Å². The predicted octanol–water partition coefficient (Wildman–Crippen LogP) is 0.728. The molecule has 0 aromatic rings. The van der Waals surface area contributed by atoms with Crippen LogP contribution in [0.3, 0.4) is 0 Å². The summed E-state index contributed by atoms with van der Waals surface area (Å²) in [5, 5.41) is 3.41. The third-order valence-electron chi connectivity index (χ3n) is 4.37. The lowest BCUT2D eigenvalue weighted by atomic mass is 9.97. The van der Waals surface area contributed by atoms with Crippen molar-refractivity contribution in [2.45, 2.75) is 44.6 Å². The van der Waals surface area contributed by atoms with Crippen LogP contribution in [0.4, 0.5) is 0 Å². The van der Waals surface area contributed by atoms with Gasteiger partial charge < -0.3 is 10.2 Å². The topological polar surface area (TPSA) is 78.5 Å². The molecule has 0 bridgehead atoms. The van der Waals surface area contributed by atoms with Gasteiger partial charge in [-0.1, -0.05) is 0 Å². The van der Waals surface area contributed by atoms with Gasteiger partial charge in [0, 0.05) is 32.1 Å². The molecule has 22 heavy (non-hydrogen) atoms. The van der Waals surface area contributed by atoms with Crippen LogP contribution in [0.2, 0.25) is 0 Å². The minimum absolute atomic E-state index is 0. The minimum atomic E-state index is -3.14. The average molecular weight is 354 g/mol. The third-order valence-corrected chi connectivity index (χ3v) is 5.07. The number of nitrogens with zero attached hydrogens (tertiary/aromatic N) is 1. The molecule has 2 fully saturated rings. The summed E-state index contributed by atoms with van der Waals surface area (Å²) in [6.07, 6.45) is 7.02. The molecule has 2 unspecified atom stereocenters. The molecule has 2 aliphatic heterocycles. The van der Waals surface area contributed by atoms with Gasteiger partial charge in [-0.15, -0.1) is 12.4 Å². The van der Waals surface area contributed by atoms with Gasteiger partial charge in [0.05, 0.1) is 6.26 Å². The zero-order valence-electron chi connectivity index (χ0n) is 13.2. The van der Waals surface area contributed by atoms with Crippen molar-refractivity contribution in [2.24, 2.45) is 5.92 Å². The summed E-state index contributed by atoms with van der Waals surface area (Å²) in [6.45, 7) is 3.00. The lowest BCUT2D eigenvalue weighted by Gasteiger charge is -2.33. The molecule has 0 aromatic heterocycles. The third kappa shape index (κ3) is 6.81. The van der Waals surface area contributed by atoms with Gasteiger partial charge in [-0.2, -0.15) is 0 Å². The fraction of sp³-hybridized carbons (Fsp3) is 0.929. The zero-order chi connectivity index (χ0) is 15.3. The highest BCUT2D eigenvalue weighted by Crippen LogP contribution is 2.18. The van der Waals surface area contributed by atoms with Gasteiger partial charge >= 0.3 is 0 Å². The normalized spacial score (nSPS) is 25.8. The SMILES string of the molecule is CS(=O)(=O)NCC1CCCN(C(=O)CCC2CCCN2)C1.Cl. The van der Waals surface area contributed by atoms with E-state index in [1.165, 1.54) is 19.1 Å². The van der Waals surface area contributed by atoms with Crippen molar-refractivity contribution in [3.05, 3.63) is 0 Å². The Morgan fingerprint density at radius 1 is 1.32 bits per heavy atom. The van der Waals surface area contributed by atoms with E-state index in [4.69, 9.17) is 0 Å². The lowest BCUT2D eigenvalue weighted by molar-refractivity contribution is -0.133. The van der Waals surface area contributed by atoms with E-state index < -0.39 is 10.0 Å².